The van der Waals surface area contributed by atoms with Gasteiger partial charge < -0.3 is 4.55 Å². The minimum absolute atomic E-state index is 0.385. The number of hydrogen-bond donors (Lipinski definition) is 0. The summed E-state index contributed by atoms with van der Waals surface area (Å²) in [4.78, 5) is 4.41. The van der Waals surface area contributed by atoms with Gasteiger partial charge in [-0.2, -0.15) is 13.2 Å². The second-order valence-corrected chi connectivity index (χ2v) is 7.12. The molecule has 1 aromatic rings. The first-order valence-electron chi connectivity index (χ1n) is 7.04. The van der Waals surface area contributed by atoms with E-state index < -0.39 is 15.6 Å². The van der Waals surface area contributed by atoms with E-state index >= 15 is 0 Å². The van der Waals surface area contributed by atoms with Crippen LogP contribution in [0.4, 0.5) is 13.2 Å². The molecule has 1 rings (SSSR count). The number of aromatic nitrogens is 2. The van der Waals surface area contributed by atoms with Gasteiger partial charge in [0.1, 0.15) is 12.4 Å². The van der Waals surface area contributed by atoms with Gasteiger partial charge in [0.25, 0.3) is 5.82 Å². The van der Waals surface area contributed by atoms with Crippen LogP contribution in [-0.2, 0) is 10.1 Å². The smallest absolute Gasteiger partial charge is 0.485 e. The van der Waals surface area contributed by atoms with Gasteiger partial charge in [-0.05, 0) is 42.0 Å². The molecule has 1 aromatic heterocycles. The van der Waals surface area contributed by atoms with Crippen molar-refractivity contribution in [2.75, 3.05) is 28.2 Å². The Labute approximate surface area is 141 Å². The number of alkyl halides is 3. The molecule has 1 heterocycles. The van der Waals surface area contributed by atoms with Crippen LogP contribution in [0.15, 0.2) is 12.4 Å². The van der Waals surface area contributed by atoms with Gasteiger partial charge in [-0.1, -0.05) is 0 Å². The van der Waals surface area contributed by atoms with E-state index in [2.05, 4.69) is 80.3 Å². The summed E-state index contributed by atoms with van der Waals surface area (Å²) in [6.07, 6.45) is 5.08. The lowest BCUT2D eigenvalue weighted by atomic mass is 10.4. The third-order valence-electron chi connectivity index (χ3n) is 3.72. The second-order valence-electron chi connectivity index (χ2n) is 5.75. The molecule has 0 aromatic carbocycles. The average molecular weight is 374 g/mol. The van der Waals surface area contributed by atoms with Crippen molar-refractivity contribution in [3.63, 3.8) is 0 Å². The summed E-state index contributed by atoms with van der Waals surface area (Å²) in [5.41, 5.74) is -5.65. The Hall–Kier alpha value is -1.17. The first-order valence-corrected chi connectivity index (χ1v) is 8.45. The molecule has 2 atom stereocenters. The highest BCUT2D eigenvalue weighted by Crippen LogP contribution is 2.20. The Morgan fingerprint density at radius 3 is 1.88 bits per heavy atom. The Morgan fingerprint density at radius 2 is 1.58 bits per heavy atom. The number of imidazole rings is 1. The SMILES string of the molecule is Cc1n(C(C)N(C)C)cc[n+]1C(C)N(C)C.O=S(=O)([O-])C(F)(F)F. The van der Waals surface area contributed by atoms with Crippen LogP contribution in [0.3, 0.4) is 0 Å². The maximum atomic E-state index is 10.7. The molecule has 0 aliphatic heterocycles. The van der Waals surface area contributed by atoms with Crippen LogP contribution in [0.25, 0.3) is 0 Å². The number of nitrogens with zero attached hydrogens (tertiary/aromatic N) is 4. The third kappa shape index (κ3) is 6.04. The molecule has 0 bridgehead atoms. The Balaban J connectivity index is 0.000000561. The molecule has 0 N–H and O–H groups in total. The van der Waals surface area contributed by atoms with Gasteiger partial charge in [0.05, 0.1) is 0 Å². The predicted octanol–water partition coefficient (Wildman–Crippen LogP) is 1.30. The summed E-state index contributed by atoms with van der Waals surface area (Å²) in [6.45, 7) is 6.58. The lowest BCUT2D eigenvalue weighted by Gasteiger charge is -2.20. The van der Waals surface area contributed by atoms with E-state index in [4.69, 9.17) is 13.0 Å². The summed E-state index contributed by atoms with van der Waals surface area (Å²) in [7, 11) is 2.31. The van der Waals surface area contributed by atoms with Gasteiger partial charge in [0.15, 0.2) is 22.4 Å². The van der Waals surface area contributed by atoms with Gasteiger partial charge >= 0.3 is 5.51 Å². The summed E-state index contributed by atoms with van der Waals surface area (Å²) in [5.74, 6) is 1.28. The molecule has 0 amide bonds. The van der Waals surface area contributed by atoms with Crippen LogP contribution < -0.4 is 4.57 Å². The molecule has 0 aliphatic carbocycles. The topological polar surface area (TPSA) is 72.5 Å². The monoisotopic (exact) mass is 374 g/mol. The van der Waals surface area contributed by atoms with Crippen molar-refractivity contribution in [3.05, 3.63) is 18.2 Å². The van der Waals surface area contributed by atoms with Crippen molar-refractivity contribution in [2.45, 2.75) is 38.6 Å². The fourth-order valence-corrected chi connectivity index (χ4v) is 1.78. The molecular formula is C13H25F3N4O3S. The summed E-state index contributed by atoms with van der Waals surface area (Å²) < 4.78 is 63.5. The first kappa shape index (κ1) is 22.8. The predicted molar refractivity (Wildman–Crippen MR) is 81.9 cm³/mol. The van der Waals surface area contributed by atoms with Crippen molar-refractivity contribution in [2.24, 2.45) is 0 Å². The summed E-state index contributed by atoms with van der Waals surface area (Å²) in [5, 5.41) is 0. The lowest BCUT2D eigenvalue weighted by molar-refractivity contribution is -0.743. The van der Waals surface area contributed by atoms with E-state index in [0.29, 0.717) is 12.3 Å². The van der Waals surface area contributed by atoms with Crippen LogP contribution in [0, 0.1) is 6.92 Å². The van der Waals surface area contributed by atoms with E-state index in [-0.39, 0.29) is 0 Å². The zero-order valence-corrected chi connectivity index (χ0v) is 15.7. The highest BCUT2D eigenvalue weighted by Gasteiger charge is 2.36. The molecule has 11 heteroatoms. The fourth-order valence-electron chi connectivity index (χ4n) is 1.78. The van der Waals surface area contributed by atoms with Gasteiger partial charge in [0, 0.05) is 6.92 Å². The number of hydrogen-bond acceptors (Lipinski definition) is 5. The normalized spacial score (nSPS) is 15.2. The third-order valence-corrected chi connectivity index (χ3v) is 4.29. The Bertz CT molecular complexity index is 595. The standard InChI is InChI=1S/C12H25N4.CHF3O3S/c1-10(13(4)5)15-8-9-16(12(15)3)11(2)14(6)7;2-1(3,4)8(5,6)7/h8-11H,1-7H3;(H,5,6,7)/q+1;/p-1. The average Bonchev–Trinajstić information content (AvgIpc) is 2.76. The van der Waals surface area contributed by atoms with Gasteiger partial charge in [-0.25, -0.2) is 17.6 Å². The maximum absolute atomic E-state index is 10.7. The van der Waals surface area contributed by atoms with Crippen molar-refractivity contribution in [1.82, 2.24) is 14.4 Å². The van der Waals surface area contributed by atoms with Crippen LogP contribution in [0.2, 0.25) is 0 Å². The quantitative estimate of drug-likeness (QED) is 0.451. The minimum Gasteiger partial charge on any atom is -0.741 e. The summed E-state index contributed by atoms with van der Waals surface area (Å²) in [6, 6.07) is 0. The molecule has 24 heavy (non-hydrogen) atoms. The molecular weight excluding hydrogens is 349 g/mol. The minimum atomic E-state index is -6.09. The van der Waals surface area contributed by atoms with E-state index in [1.807, 2.05) is 0 Å². The fraction of sp³-hybridized carbons (Fsp3) is 0.769. The molecule has 142 valence electrons. The maximum Gasteiger partial charge on any atom is 0.485 e. The molecule has 0 fully saturated rings. The molecule has 0 saturated carbocycles. The zero-order chi connectivity index (χ0) is 19.5. The van der Waals surface area contributed by atoms with Crippen LogP contribution in [0.1, 0.15) is 32.0 Å². The van der Waals surface area contributed by atoms with Crippen molar-refractivity contribution >= 4 is 10.1 Å². The van der Waals surface area contributed by atoms with Crippen LogP contribution in [0.5, 0.6) is 0 Å². The zero-order valence-electron chi connectivity index (χ0n) is 14.9. The molecule has 7 nitrogen and oxygen atoms in total. The van der Waals surface area contributed by atoms with E-state index in [0.717, 1.165) is 0 Å². The van der Waals surface area contributed by atoms with E-state index in [1.54, 1.807) is 0 Å². The van der Waals surface area contributed by atoms with Crippen molar-refractivity contribution in [3.8, 4) is 0 Å². The van der Waals surface area contributed by atoms with Crippen LogP contribution in [-0.4, -0.2) is 61.0 Å². The van der Waals surface area contributed by atoms with Crippen molar-refractivity contribution < 1.29 is 30.7 Å². The number of halogens is 3. The van der Waals surface area contributed by atoms with Crippen LogP contribution >= 0.6 is 0 Å². The first-order chi connectivity index (χ1) is 10.6. The molecule has 0 aliphatic rings. The molecule has 2 unspecified atom stereocenters. The van der Waals surface area contributed by atoms with Gasteiger partial charge in [0.2, 0.25) is 0 Å². The largest absolute Gasteiger partial charge is 0.741 e. The lowest BCUT2D eigenvalue weighted by Crippen LogP contribution is -2.46. The Kier molecular flexibility index (Phi) is 7.87. The molecule has 0 radical (unpaired) electrons. The Morgan fingerprint density at radius 1 is 1.17 bits per heavy atom. The highest BCUT2D eigenvalue weighted by molar-refractivity contribution is 7.86. The molecule has 0 spiro atoms. The second kappa shape index (κ2) is 8.28. The van der Waals surface area contributed by atoms with Gasteiger partial charge in [-0.3, -0.25) is 9.80 Å². The van der Waals surface area contributed by atoms with E-state index in [1.165, 1.54) is 5.82 Å². The summed E-state index contributed by atoms with van der Waals surface area (Å²) >= 11 is 0. The van der Waals surface area contributed by atoms with Gasteiger partial charge in [-0.15, -0.1) is 0 Å². The molecule has 0 saturated heterocycles. The van der Waals surface area contributed by atoms with E-state index in [9.17, 15) is 13.2 Å². The van der Waals surface area contributed by atoms with Crippen molar-refractivity contribution in [1.29, 1.82) is 0 Å². The highest BCUT2D eigenvalue weighted by atomic mass is 32.2. The number of rotatable bonds is 4.